The van der Waals surface area contributed by atoms with E-state index in [-0.39, 0.29) is 0 Å². The van der Waals surface area contributed by atoms with Crippen molar-refractivity contribution in [2.45, 2.75) is 31.1 Å². The average Bonchev–Trinajstić information content (AvgIpc) is 2.61. The van der Waals surface area contributed by atoms with Crippen LogP contribution in [0.25, 0.3) is 10.8 Å². The van der Waals surface area contributed by atoms with Crippen molar-refractivity contribution in [2.24, 2.45) is 0 Å². The summed E-state index contributed by atoms with van der Waals surface area (Å²) in [5.41, 5.74) is 1.69. The predicted octanol–water partition coefficient (Wildman–Crippen LogP) is 3.31. The maximum absolute atomic E-state index is 12.0. The van der Waals surface area contributed by atoms with Crippen LogP contribution in [0, 0.1) is 0 Å². The summed E-state index contributed by atoms with van der Waals surface area (Å²) in [6.45, 7) is 6.94. The van der Waals surface area contributed by atoms with Crippen LogP contribution < -0.4 is 4.72 Å². The fraction of sp³-hybridized carbons (Fsp3) is 0.286. The lowest BCUT2D eigenvalue weighted by molar-refractivity contribution is 0.301. The summed E-state index contributed by atoms with van der Waals surface area (Å²) in [4.78, 5) is 0.361. The Bertz CT molecular complexity index is 794. The van der Waals surface area contributed by atoms with Gasteiger partial charge >= 0.3 is 0 Å². The van der Waals surface area contributed by atoms with Crippen LogP contribution in [-0.2, 0) is 21.1 Å². The van der Waals surface area contributed by atoms with Gasteiger partial charge in [-0.3, -0.25) is 4.72 Å². The van der Waals surface area contributed by atoms with E-state index >= 15 is 0 Å². The summed E-state index contributed by atoms with van der Waals surface area (Å²) < 4.78 is 32.6. The summed E-state index contributed by atoms with van der Waals surface area (Å²) in [6, 6.07) is 9.14. The molecule has 0 spiro atoms. The lowest BCUT2D eigenvalue weighted by atomic mass is 10.0. The van der Waals surface area contributed by atoms with Crippen LogP contribution in [0.3, 0.4) is 0 Å². The monoisotopic (exact) mass is 307 g/mol. The number of anilines is 1. The van der Waals surface area contributed by atoms with E-state index < -0.39 is 18.3 Å². The number of rotatable bonds is 3. The van der Waals surface area contributed by atoms with Crippen molar-refractivity contribution in [1.82, 2.24) is 0 Å². The second-order valence-electron chi connectivity index (χ2n) is 5.96. The lowest BCUT2D eigenvalue weighted by Gasteiger charge is -2.18. The SMILES string of the molecule is C[Si](C)(C)OCc1ccc2c3c(cccc13)S(=O)(=O)N2. The molecule has 0 atom stereocenters. The molecule has 0 unspecified atom stereocenters. The minimum absolute atomic E-state index is 0.361. The van der Waals surface area contributed by atoms with Crippen LogP contribution in [0.4, 0.5) is 5.69 Å². The molecule has 0 aromatic heterocycles. The number of sulfonamides is 1. The van der Waals surface area contributed by atoms with E-state index in [0.29, 0.717) is 17.2 Å². The molecule has 0 saturated heterocycles. The highest BCUT2D eigenvalue weighted by Gasteiger charge is 2.28. The molecule has 0 amide bonds. The van der Waals surface area contributed by atoms with Crippen LogP contribution >= 0.6 is 0 Å². The molecular weight excluding hydrogens is 290 g/mol. The standard InChI is InChI=1S/C14H17NO3SSi/c1-20(2,3)18-9-10-7-8-12-14-11(10)5-4-6-13(14)19(16,17)15-12/h4-8,15H,9H2,1-3H3. The van der Waals surface area contributed by atoms with Crippen LogP contribution in [0.2, 0.25) is 19.6 Å². The van der Waals surface area contributed by atoms with E-state index in [0.717, 1.165) is 16.3 Å². The Hall–Kier alpha value is -1.37. The minimum Gasteiger partial charge on any atom is -0.413 e. The van der Waals surface area contributed by atoms with Crippen molar-refractivity contribution >= 4 is 34.8 Å². The van der Waals surface area contributed by atoms with E-state index in [1.54, 1.807) is 12.1 Å². The van der Waals surface area contributed by atoms with Crippen molar-refractivity contribution in [2.75, 3.05) is 4.72 Å². The highest BCUT2D eigenvalue weighted by atomic mass is 32.2. The van der Waals surface area contributed by atoms with E-state index in [1.807, 2.05) is 18.2 Å². The second kappa shape index (κ2) is 4.31. The Morgan fingerprint density at radius 3 is 2.60 bits per heavy atom. The Morgan fingerprint density at radius 2 is 1.90 bits per heavy atom. The smallest absolute Gasteiger partial charge is 0.262 e. The molecule has 1 aliphatic heterocycles. The molecule has 1 heterocycles. The first-order valence-corrected chi connectivity index (χ1v) is 11.4. The average molecular weight is 307 g/mol. The van der Waals surface area contributed by atoms with Gasteiger partial charge in [-0.25, -0.2) is 8.42 Å². The number of nitrogens with one attached hydrogen (secondary N) is 1. The summed E-state index contributed by atoms with van der Waals surface area (Å²) in [5.74, 6) is 0. The molecule has 0 radical (unpaired) electrons. The molecule has 2 aromatic carbocycles. The fourth-order valence-corrected chi connectivity index (χ4v) is 4.27. The second-order valence-corrected chi connectivity index (χ2v) is 12.1. The third-order valence-corrected chi connectivity index (χ3v) is 5.71. The predicted molar refractivity (Wildman–Crippen MR) is 82.9 cm³/mol. The molecule has 106 valence electrons. The first-order chi connectivity index (χ1) is 9.28. The van der Waals surface area contributed by atoms with Gasteiger partial charge in [0.05, 0.1) is 17.2 Å². The molecule has 20 heavy (non-hydrogen) atoms. The van der Waals surface area contributed by atoms with Gasteiger partial charge in [0.2, 0.25) is 0 Å². The zero-order valence-corrected chi connectivity index (χ0v) is 13.5. The van der Waals surface area contributed by atoms with Gasteiger partial charge in [0, 0.05) is 5.39 Å². The van der Waals surface area contributed by atoms with Gasteiger partial charge < -0.3 is 4.43 Å². The highest BCUT2D eigenvalue weighted by Crippen LogP contribution is 2.39. The first kappa shape index (κ1) is 13.6. The number of benzene rings is 2. The van der Waals surface area contributed by atoms with Crippen molar-refractivity contribution in [3.63, 3.8) is 0 Å². The highest BCUT2D eigenvalue weighted by molar-refractivity contribution is 7.93. The minimum atomic E-state index is -3.40. The summed E-state index contributed by atoms with van der Waals surface area (Å²) in [7, 11) is -5.00. The third-order valence-electron chi connectivity index (χ3n) is 3.29. The molecule has 1 N–H and O–H groups in total. The van der Waals surface area contributed by atoms with Gasteiger partial charge in [0.25, 0.3) is 10.0 Å². The number of hydrogen-bond donors (Lipinski definition) is 1. The van der Waals surface area contributed by atoms with E-state index in [4.69, 9.17) is 4.43 Å². The molecule has 6 heteroatoms. The molecular formula is C14H17NO3SSi. The van der Waals surface area contributed by atoms with Crippen LogP contribution in [0.15, 0.2) is 35.2 Å². The first-order valence-electron chi connectivity index (χ1n) is 6.49. The Labute approximate surface area is 119 Å². The maximum atomic E-state index is 12.0. The van der Waals surface area contributed by atoms with Gasteiger partial charge in [-0.15, -0.1) is 0 Å². The zero-order chi connectivity index (χ0) is 14.5. The number of hydrogen-bond acceptors (Lipinski definition) is 3. The lowest BCUT2D eigenvalue weighted by Crippen LogP contribution is -2.24. The van der Waals surface area contributed by atoms with Gasteiger partial charge in [0.1, 0.15) is 0 Å². The Balaban J connectivity index is 2.15. The summed E-state index contributed by atoms with van der Waals surface area (Å²) >= 11 is 0. The van der Waals surface area contributed by atoms with Gasteiger partial charge in [-0.2, -0.15) is 0 Å². The van der Waals surface area contributed by atoms with Crippen LogP contribution in [0.5, 0.6) is 0 Å². The molecule has 1 aliphatic rings. The molecule has 2 aromatic rings. The molecule has 0 saturated carbocycles. The Kier molecular flexibility index (Phi) is 2.93. The molecule has 0 bridgehead atoms. The largest absolute Gasteiger partial charge is 0.413 e. The van der Waals surface area contributed by atoms with Crippen molar-refractivity contribution in [1.29, 1.82) is 0 Å². The van der Waals surface area contributed by atoms with E-state index in [2.05, 4.69) is 24.4 Å². The topological polar surface area (TPSA) is 55.4 Å². The van der Waals surface area contributed by atoms with Crippen LogP contribution in [-0.4, -0.2) is 16.7 Å². The molecule has 0 aliphatic carbocycles. The Morgan fingerprint density at radius 1 is 1.15 bits per heavy atom. The zero-order valence-electron chi connectivity index (χ0n) is 11.7. The maximum Gasteiger partial charge on any atom is 0.262 e. The molecule has 0 fully saturated rings. The van der Waals surface area contributed by atoms with Gasteiger partial charge in [-0.1, -0.05) is 18.2 Å². The van der Waals surface area contributed by atoms with Gasteiger partial charge in [-0.05, 0) is 42.7 Å². The van der Waals surface area contributed by atoms with E-state index in [9.17, 15) is 8.42 Å². The van der Waals surface area contributed by atoms with Gasteiger partial charge in [0.15, 0.2) is 8.32 Å². The van der Waals surface area contributed by atoms with Crippen LogP contribution in [0.1, 0.15) is 5.56 Å². The molecule has 4 nitrogen and oxygen atoms in total. The third kappa shape index (κ3) is 2.23. The summed E-state index contributed by atoms with van der Waals surface area (Å²) in [6.07, 6.45) is 0. The molecule has 3 rings (SSSR count). The summed E-state index contributed by atoms with van der Waals surface area (Å²) in [5, 5.41) is 1.73. The van der Waals surface area contributed by atoms with E-state index in [1.165, 1.54) is 0 Å². The normalized spacial score (nSPS) is 16.4. The van der Waals surface area contributed by atoms with Crippen molar-refractivity contribution in [3.8, 4) is 0 Å². The fourth-order valence-electron chi connectivity index (χ4n) is 2.36. The van der Waals surface area contributed by atoms with Crippen molar-refractivity contribution in [3.05, 3.63) is 35.9 Å². The van der Waals surface area contributed by atoms with Crippen molar-refractivity contribution < 1.29 is 12.8 Å². The quantitative estimate of drug-likeness (QED) is 0.885.